The van der Waals surface area contributed by atoms with Crippen LogP contribution in [0.2, 0.25) is 5.02 Å². The molecule has 0 unspecified atom stereocenters. The van der Waals surface area contributed by atoms with Gasteiger partial charge in [0, 0.05) is 17.6 Å². The van der Waals surface area contributed by atoms with Crippen LogP contribution in [0.25, 0.3) is 10.7 Å². The Morgan fingerprint density at radius 1 is 1.53 bits per heavy atom. The molecule has 78 valence electrons. The van der Waals surface area contributed by atoms with Gasteiger partial charge in [0.25, 0.3) is 0 Å². The summed E-state index contributed by atoms with van der Waals surface area (Å²) in [4.78, 5) is 9.69. The van der Waals surface area contributed by atoms with Crippen LogP contribution in [0.4, 0.5) is 0 Å². The van der Waals surface area contributed by atoms with E-state index in [-0.39, 0.29) is 0 Å². The molecule has 15 heavy (non-hydrogen) atoms. The zero-order chi connectivity index (χ0) is 10.8. The van der Waals surface area contributed by atoms with Crippen molar-refractivity contribution in [1.82, 2.24) is 9.97 Å². The van der Waals surface area contributed by atoms with Gasteiger partial charge in [0.2, 0.25) is 0 Å². The second-order valence-electron chi connectivity index (χ2n) is 3.07. The third-order valence-corrected chi connectivity index (χ3v) is 3.53. The van der Waals surface area contributed by atoms with Crippen molar-refractivity contribution in [1.29, 1.82) is 0 Å². The molecule has 2 aromatic rings. The normalized spacial score (nSPS) is 10.6. The lowest BCUT2D eigenvalue weighted by Crippen LogP contribution is -1.94. The lowest BCUT2D eigenvalue weighted by atomic mass is 10.3. The third kappa shape index (κ3) is 2.02. The lowest BCUT2D eigenvalue weighted by Gasteiger charge is -1.96. The summed E-state index contributed by atoms with van der Waals surface area (Å²) in [5.41, 5.74) is 7.28. The molecule has 0 saturated heterocycles. The highest BCUT2D eigenvalue weighted by Crippen LogP contribution is 2.30. The SMILES string of the molecule is Cc1nc(-c2ncccc2Cl)sc1CN. The average molecular weight is 240 g/mol. The molecule has 0 aliphatic heterocycles. The number of halogens is 1. The fourth-order valence-electron chi connectivity index (χ4n) is 1.26. The fourth-order valence-corrected chi connectivity index (χ4v) is 2.48. The van der Waals surface area contributed by atoms with Crippen molar-refractivity contribution in [3.05, 3.63) is 33.9 Å². The molecule has 0 saturated carbocycles. The van der Waals surface area contributed by atoms with Crippen molar-refractivity contribution in [2.24, 2.45) is 5.73 Å². The maximum Gasteiger partial charge on any atom is 0.143 e. The highest BCUT2D eigenvalue weighted by Gasteiger charge is 2.11. The molecule has 0 aliphatic carbocycles. The van der Waals surface area contributed by atoms with Crippen LogP contribution >= 0.6 is 22.9 Å². The molecule has 0 spiro atoms. The van der Waals surface area contributed by atoms with Gasteiger partial charge in [0.15, 0.2) is 0 Å². The van der Waals surface area contributed by atoms with Gasteiger partial charge >= 0.3 is 0 Å². The number of thiazole rings is 1. The van der Waals surface area contributed by atoms with Crippen LogP contribution in [0.5, 0.6) is 0 Å². The second-order valence-corrected chi connectivity index (χ2v) is 4.56. The first-order chi connectivity index (χ1) is 7.22. The Labute approximate surface area is 96.9 Å². The summed E-state index contributed by atoms with van der Waals surface area (Å²) in [6.07, 6.45) is 1.71. The van der Waals surface area contributed by atoms with Gasteiger partial charge in [-0.25, -0.2) is 4.98 Å². The first-order valence-corrected chi connectivity index (χ1v) is 5.69. The van der Waals surface area contributed by atoms with Crippen molar-refractivity contribution >= 4 is 22.9 Å². The van der Waals surface area contributed by atoms with Gasteiger partial charge in [-0.1, -0.05) is 11.6 Å². The van der Waals surface area contributed by atoms with Gasteiger partial charge < -0.3 is 5.73 Å². The third-order valence-electron chi connectivity index (χ3n) is 2.04. The number of rotatable bonds is 2. The molecule has 2 rings (SSSR count). The molecule has 0 aromatic carbocycles. The van der Waals surface area contributed by atoms with Crippen molar-refractivity contribution < 1.29 is 0 Å². The number of hydrogen-bond donors (Lipinski definition) is 1. The topological polar surface area (TPSA) is 51.8 Å². The Hall–Kier alpha value is -0.970. The Morgan fingerprint density at radius 3 is 2.93 bits per heavy atom. The maximum atomic E-state index is 6.04. The first kappa shape index (κ1) is 10.5. The Kier molecular flexibility index (Phi) is 3.00. The van der Waals surface area contributed by atoms with Gasteiger partial charge in [0.05, 0.1) is 10.7 Å². The summed E-state index contributed by atoms with van der Waals surface area (Å²) in [6, 6.07) is 3.61. The van der Waals surface area contributed by atoms with E-state index in [9.17, 15) is 0 Å². The molecule has 0 amide bonds. The smallest absolute Gasteiger partial charge is 0.143 e. The van der Waals surface area contributed by atoms with Crippen molar-refractivity contribution in [3.63, 3.8) is 0 Å². The molecule has 5 heteroatoms. The average Bonchev–Trinajstić information content (AvgIpc) is 2.60. The molecule has 2 N–H and O–H groups in total. The number of nitrogens with two attached hydrogens (primary N) is 1. The Bertz CT molecular complexity index is 481. The molecule has 2 aromatic heterocycles. The summed E-state index contributed by atoms with van der Waals surface area (Å²) < 4.78 is 0. The van der Waals surface area contributed by atoms with E-state index in [1.807, 2.05) is 13.0 Å². The van der Waals surface area contributed by atoms with E-state index in [4.69, 9.17) is 17.3 Å². The summed E-state index contributed by atoms with van der Waals surface area (Å²) in [6.45, 7) is 2.45. The van der Waals surface area contributed by atoms with E-state index in [0.717, 1.165) is 21.3 Å². The summed E-state index contributed by atoms with van der Waals surface area (Å²) in [5, 5.41) is 1.45. The minimum absolute atomic E-state index is 0.508. The van der Waals surface area contributed by atoms with Crippen molar-refractivity contribution in [2.45, 2.75) is 13.5 Å². The number of nitrogens with zero attached hydrogens (tertiary/aromatic N) is 2. The molecule has 3 nitrogen and oxygen atoms in total. The number of hydrogen-bond acceptors (Lipinski definition) is 4. The van der Waals surface area contributed by atoms with Crippen molar-refractivity contribution in [2.75, 3.05) is 0 Å². The molecule has 2 heterocycles. The lowest BCUT2D eigenvalue weighted by molar-refractivity contribution is 1.06. The zero-order valence-electron chi connectivity index (χ0n) is 8.20. The van der Waals surface area contributed by atoms with Crippen molar-refractivity contribution in [3.8, 4) is 10.7 Å². The summed E-state index contributed by atoms with van der Waals surface area (Å²) in [7, 11) is 0. The van der Waals surface area contributed by atoms with E-state index in [2.05, 4.69) is 9.97 Å². The molecule has 0 aliphatic rings. The predicted octanol–water partition coefficient (Wildman–Crippen LogP) is 2.63. The van der Waals surface area contributed by atoms with Gasteiger partial charge in [-0.05, 0) is 19.1 Å². The van der Waals surface area contributed by atoms with Gasteiger partial charge in [-0.15, -0.1) is 11.3 Å². The minimum Gasteiger partial charge on any atom is -0.326 e. The van der Waals surface area contributed by atoms with Crippen LogP contribution in [0, 0.1) is 6.92 Å². The van der Waals surface area contributed by atoms with Crippen LogP contribution in [-0.4, -0.2) is 9.97 Å². The molecular formula is C10H10ClN3S. The molecular weight excluding hydrogens is 230 g/mol. The van der Waals surface area contributed by atoms with E-state index < -0.39 is 0 Å². The zero-order valence-corrected chi connectivity index (χ0v) is 9.77. The molecule has 0 bridgehead atoms. The molecule has 0 fully saturated rings. The first-order valence-electron chi connectivity index (χ1n) is 4.49. The summed E-state index contributed by atoms with van der Waals surface area (Å²) in [5.74, 6) is 0. The van der Waals surface area contributed by atoms with E-state index in [1.165, 1.54) is 0 Å². The Morgan fingerprint density at radius 2 is 2.33 bits per heavy atom. The Balaban J connectivity index is 2.50. The van der Waals surface area contributed by atoms with Crippen LogP contribution < -0.4 is 5.73 Å². The second kappa shape index (κ2) is 4.26. The number of aryl methyl sites for hydroxylation is 1. The highest BCUT2D eigenvalue weighted by atomic mass is 35.5. The van der Waals surface area contributed by atoms with E-state index in [0.29, 0.717) is 11.6 Å². The maximum absolute atomic E-state index is 6.04. The number of aromatic nitrogens is 2. The largest absolute Gasteiger partial charge is 0.326 e. The molecule has 0 atom stereocenters. The minimum atomic E-state index is 0.508. The summed E-state index contributed by atoms with van der Waals surface area (Å²) >= 11 is 7.58. The van der Waals surface area contributed by atoms with Crippen LogP contribution in [0.1, 0.15) is 10.6 Å². The van der Waals surface area contributed by atoms with Crippen LogP contribution in [0.3, 0.4) is 0 Å². The standard InChI is InChI=1S/C10H10ClN3S/c1-6-8(5-12)15-10(14-6)9-7(11)3-2-4-13-9/h2-4H,5,12H2,1H3. The van der Waals surface area contributed by atoms with Crippen LogP contribution in [-0.2, 0) is 6.54 Å². The van der Waals surface area contributed by atoms with Gasteiger partial charge in [-0.3, -0.25) is 4.98 Å². The fraction of sp³-hybridized carbons (Fsp3) is 0.200. The van der Waals surface area contributed by atoms with E-state index in [1.54, 1.807) is 23.6 Å². The monoisotopic (exact) mass is 239 g/mol. The molecule has 0 radical (unpaired) electrons. The quantitative estimate of drug-likeness (QED) is 0.877. The van der Waals surface area contributed by atoms with Gasteiger partial charge in [-0.2, -0.15) is 0 Å². The van der Waals surface area contributed by atoms with E-state index >= 15 is 0 Å². The predicted molar refractivity (Wildman–Crippen MR) is 63.0 cm³/mol. The number of pyridine rings is 1. The highest BCUT2D eigenvalue weighted by molar-refractivity contribution is 7.15. The van der Waals surface area contributed by atoms with Gasteiger partial charge in [0.1, 0.15) is 10.7 Å². The van der Waals surface area contributed by atoms with Crippen LogP contribution in [0.15, 0.2) is 18.3 Å².